The number of hydrogen-bond acceptors (Lipinski definition) is 5. The first kappa shape index (κ1) is 18.8. The summed E-state index contributed by atoms with van der Waals surface area (Å²) in [7, 11) is -0.715. The van der Waals surface area contributed by atoms with E-state index in [-0.39, 0.29) is 16.2 Å². The Morgan fingerprint density at radius 1 is 0.920 bits per heavy atom. The van der Waals surface area contributed by atoms with E-state index in [2.05, 4.69) is 0 Å². The molecule has 6 nitrogen and oxygen atoms in total. The lowest BCUT2D eigenvalue weighted by atomic mass is 10.1. The fourth-order valence-corrected chi connectivity index (χ4v) is 2.99. The zero-order valence-electron chi connectivity index (χ0n) is 14.2. The molecule has 0 radical (unpaired) electrons. The first-order chi connectivity index (χ1) is 11.7. The molecular weight excluding hydrogens is 342 g/mol. The normalized spacial score (nSPS) is 12.6. The molecule has 7 heteroatoms. The number of esters is 1. The molecule has 0 amide bonds. The number of carbonyl (C=O) groups is 2. The summed E-state index contributed by atoms with van der Waals surface area (Å²) in [6.07, 6.45) is -0.944. The minimum atomic E-state index is -3.56. The highest BCUT2D eigenvalue weighted by molar-refractivity contribution is 7.89. The second kappa shape index (κ2) is 7.58. The molecule has 0 N–H and O–H groups in total. The van der Waals surface area contributed by atoms with Crippen molar-refractivity contribution in [1.29, 1.82) is 0 Å². The molecule has 25 heavy (non-hydrogen) atoms. The number of ketones is 1. The van der Waals surface area contributed by atoms with Gasteiger partial charge in [0.15, 0.2) is 6.10 Å². The molecule has 0 aliphatic heterocycles. The van der Waals surface area contributed by atoms with E-state index in [0.717, 1.165) is 4.31 Å². The molecule has 1 atom stereocenters. The van der Waals surface area contributed by atoms with Crippen molar-refractivity contribution >= 4 is 21.8 Å². The number of nitrogens with zero attached hydrogens (tertiary/aromatic N) is 1. The third-order valence-corrected chi connectivity index (χ3v) is 5.41. The van der Waals surface area contributed by atoms with E-state index in [1.54, 1.807) is 30.3 Å². The number of benzene rings is 2. The van der Waals surface area contributed by atoms with Crippen molar-refractivity contribution in [3.63, 3.8) is 0 Å². The van der Waals surface area contributed by atoms with E-state index >= 15 is 0 Å². The summed E-state index contributed by atoms with van der Waals surface area (Å²) in [6.45, 7) is 1.50. The molecule has 0 saturated heterocycles. The summed E-state index contributed by atoms with van der Waals surface area (Å²) >= 11 is 0. The minimum Gasteiger partial charge on any atom is -0.451 e. The lowest BCUT2D eigenvalue weighted by molar-refractivity contribution is 0.0318. The van der Waals surface area contributed by atoms with Gasteiger partial charge in [-0.05, 0) is 31.2 Å². The SMILES string of the molecule is C[C@H](OC(=O)c1ccc(S(=O)(=O)N(C)C)cc1)C(=O)c1ccccc1. The van der Waals surface area contributed by atoms with Gasteiger partial charge in [0, 0.05) is 19.7 Å². The van der Waals surface area contributed by atoms with Crippen LogP contribution in [0.25, 0.3) is 0 Å². The fraction of sp³-hybridized carbons (Fsp3) is 0.222. The lowest BCUT2D eigenvalue weighted by Gasteiger charge is -2.13. The molecular formula is C18H19NO5S. The van der Waals surface area contributed by atoms with Crippen molar-refractivity contribution in [2.24, 2.45) is 0 Å². The van der Waals surface area contributed by atoms with Crippen LogP contribution in [0.15, 0.2) is 59.5 Å². The Hall–Kier alpha value is -2.51. The predicted octanol–water partition coefficient (Wildman–Crippen LogP) is 2.37. The van der Waals surface area contributed by atoms with Crippen molar-refractivity contribution < 1.29 is 22.7 Å². The van der Waals surface area contributed by atoms with Gasteiger partial charge in [0.05, 0.1) is 10.5 Å². The fourth-order valence-electron chi connectivity index (χ4n) is 2.09. The van der Waals surface area contributed by atoms with E-state index in [4.69, 9.17) is 4.74 Å². The quantitative estimate of drug-likeness (QED) is 0.583. The Bertz CT molecular complexity index is 858. The second-order valence-electron chi connectivity index (χ2n) is 5.59. The van der Waals surface area contributed by atoms with Crippen LogP contribution in [0.3, 0.4) is 0 Å². The van der Waals surface area contributed by atoms with E-state index in [9.17, 15) is 18.0 Å². The van der Waals surface area contributed by atoms with E-state index < -0.39 is 22.1 Å². The van der Waals surface area contributed by atoms with Crippen LogP contribution in [-0.4, -0.2) is 44.7 Å². The van der Waals surface area contributed by atoms with Crippen molar-refractivity contribution in [1.82, 2.24) is 4.31 Å². The molecule has 0 saturated carbocycles. The molecule has 2 aromatic carbocycles. The Balaban J connectivity index is 2.10. The van der Waals surface area contributed by atoms with Crippen LogP contribution in [0.4, 0.5) is 0 Å². The zero-order chi connectivity index (χ0) is 18.6. The number of hydrogen-bond donors (Lipinski definition) is 0. The van der Waals surface area contributed by atoms with Gasteiger partial charge in [-0.1, -0.05) is 30.3 Å². The third-order valence-electron chi connectivity index (χ3n) is 3.58. The Morgan fingerprint density at radius 3 is 2.00 bits per heavy atom. The van der Waals surface area contributed by atoms with E-state index in [0.29, 0.717) is 5.56 Å². The molecule has 2 rings (SSSR count). The van der Waals surface area contributed by atoms with Crippen LogP contribution in [0, 0.1) is 0 Å². The smallest absolute Gasteiger partial charge is 0.338 e. The first-order valence-electron chi connectivity index (χ1n) is 7.56. The largest absolute Gasteiger partial charge is 0.451 e. The van der Waals surface area contributed by atoms with Gasteiger partial charge in [-0.25, -0.2) is 17.5 Å². The molecule has 2 aromatic rings. The highest BCUT2D eigenvalue weighted by Crippen LogP contribution is 2.15. The number of rotatable bonds is 6. The highest BCUT2D eigenvalue weighted by Gasteiger charge is 2.21. The monoisotopic (exact) mass is 361 g/mol. The molecule has 0 fully saturated rings. The maximum absolute atomic E-state index is 12.2. The van der Waals surface area contributed by atoms with Crippen LogP contribution < -0.4 is 0 Å². The Labute approximate surface area is 147 Å². The van der Waals surface area contributed by atoms with Crippen molar-refractivity contribution in [3.05, 3.63) is 65.7 Å². The van der Waals surface area contributed by atoms with Crippen LogP contribution in [-0.2, 0) is 14.8 Å². The predicted molar refractivity (Wildman–Crippen MR) is 93.0 cm³/mol. The van der Waals surface area contributed by atoms with Crippen molar-refractivity contribution in [2.45, 2.75) is 17.9 Å². The summed E-state index contributed by atoms with van der Waals surface area (Å²) in [6, 6.07) is 13.9. The van der Waals surface area contributed by atoms with Gasteiger partial charge < -0.3 is 4.74 Å². The van der Waals surface area contributed by atoms with Gasteiger partial charge in [0.2, 0.25) is 15.8 Å². The third kappa shape index (κ3) is 4.32. The summed E-state index contributed by atoms with van der Waals surface area (Å²) in [5.74, 6) is -0.994. The standard InChI is InChI=1S/C18H19NO5S/c1-13(17(20)14-7-5-4-6-8-14)24-18(21)15-9-11-16(12-10-15)25(22,23)19(2)3/h4-13H,1-3H3/t13-/m0/s1. The van der Waals surface area contributed by atoms with Gasteiger partial charge in [-0.3, -0.25) is 4.79 Å². The van der Waals surface area contributed by atoms with Crippen LogP contribution in [0.5, 0.6) is 0 Å². The number of carbonyl (C=O) groups excluding carboxylic acids is 2. The molecule has 0 bridgehead atoms. The van der Waals surface area contributed by atoms with Crippen molar-refractivity contribution in [2.75, 3.05) is 14.1 Å². The number of Topliss-reactive ketones (excluding diaryl/α,β-unsaturated/α-hetero) is 1. The van der Waals surface area contributed by atoms with Crippen molar-refractivity contribution in [3.8, 4) is 0 Å². The number of ether oxygens (including phenoxy) is 1. The second-order valence-corrected chi connectivity index (χ2v) is 7.74. The topological polar surface area (TPSA) is 80.8 Å². The Kier molecular flexibility index (Phi) is 5.71. The molecule has 0 aromatic heterocycles. The molecule has 0 aliphatic rings. The molecule has 0 aliphatic carbocycles. The molecule has 0 unspecified atom stereocenters. The average Bonchev–Trinajstić information content (AvgIpc) is 2.61. The summed E-state index contributed by atoms with van der Waals surface area (Å²) in [4.78, 5) is 24.4. The minimum absolute atomic E-state index is 0.0717. The zero-order valence-corrected chi connectivity index (χ0v) is 15.0. The van der Waals surface area contributed by atoms with E-state index in [1.807, 2.05) is 0 Å². The molecule has 132 valence electrons. The van der Waals surface area contributed by atoms with Gasteiger partial charge >= 0.3 is 5.97 Å². The maximum Gasteiger partial charge on any atom is 0.338 e. The van der Waals surface area contributed by atoms with Crippen LogP contribution in [0.2, 0.25) is 0 Å². The van der Waals surface area contributed by atoms with Gasteiger partial charge in [0.1, 0.15) is 0 Å². The highest BCUT2D eigenvalue weighted by atomic mass is 32.2. The molecule has 0 spiro atoms. The lowest BCUT2D eigenvalue weighted by Crippen LogP contribution is -2.24. The summed E-state index contributed by atoms with van der Waals surface area (Å²) < 4.78 is 30.3. The van der Waals surface area contributed by atoms with Gasteiger partial charge in [-0.2, -0.15) is 0 Å². The summed E-state index contributed by atoms with van der Waals surface area (Å²) in [5, 5.41) is 0. The average molecular weight is 361 g/mol. The van der Waals surface area contributed by atoms with Crippen LogP contribution in [0.1, 0.15) is 27.6 Å². The van der Waals surface area contributed by atoms with Crippen LogP contribution >= 0.6 is 0 Å². The molecule has 0 heterocycles. The first-order valence-corrected chi connectivity index (χ1v) is 9.00. The Morgan fingerprint density at radius 2 is 1.48 bits per heavy atom. The van der Waals surface area contributed by atoms with Gasteiger partial charge in [0.25, 0.3) is 0 Å². The summed E-state index contributed by atoms with van der Waals surface area (Å²) in [5.41, 5.74) is 0.626. The van der Waals surface area contributed by atoms with E-state index in [1.165, 1.54) is 45.3 Å². The van der Waals surface area contributed by atoms with Gasteiger partial charge in [-0.15, -0.1) is 0 Å². The number of sulfonamides is 1. The maximum atomic E-state index is 12.2.